The number of nitrogens with two attached hydrogens (primary N) is 1. The fraction of sp³-hybridized carbons (Fsp3) is 0.923. The summed E-state index contributed by atoms with van der Waals surface area (Å²) in [7, 11) is 2.04. The van der Waals surface area contributed by atoms with E-state index in [1.54, 1.807) is 0 Å². The average molecular weight is 276 g/mol. The zero-order valence-electron chi connectivity index (χ0n) is 11.3. The van der Waals surface area contributed by atoms with Crippen LogP contribution in [0.4, 0.5) is 0 Å². The second kappa shape index (κ2) is 7.31. The van der Waals surface area contributed by atoms with E-state index in [-0.39, 0.29) is 18.3 Å². The molecule has 2 fully saturated rings. The molecular weight excluding hydrogens is 250 g/mol. The molecule has 106 valence electrons. The Kier molecular flexibility index (Phi) is 6.39. The summed E-state index contributed by atoms with van der Waals surface area (Å²) in [6.07, 6.45) is 6.16. The van der Waals surface area contributed by atoms with Gasteiger partial charge in [0.15, 0.2) is 0 Å². The third-order valence-corrected chi connectivity index (χ3v) is 4.07. The van der Waals surface area contributed by atoms with Crippen molar-refractivity contribution in [3.8, 4) is 0 Å². The smallest absolute Gasteiger partial charge is 0.236 e. The number of hydrogen-bond donors (Lipinski definition) is 1. The number of carbonyl (C=O) groups is 1. The van der Waals surface area contributed by atoms with Crippen molar-refractivity contribution < 1.29 is 4.79 Å². The van der Waals surface area contributed by atoms with Gasteiger partial charge in [-0.05, 0) is 45.1 Å². The van der Waals surface area contributed by atoms with Gasteiger partial charge in [-0.15, -0.1) is 12.4 Å². The van der Waals surface area contributed by atoms with E-state index in [1.807, 2.05) is 11.9 Å². The molecule has 1 atom stereocenters. The number of likely N-dealkylation sites (tertiary alicyclic amines) is 1. The third kappa shape index (κ3) is 4.11. The molecule has 0 radical (unpaired) electrons. The fourth-order valence-electron chi connectivity index (χ4n) is 2.79. The molecule has 1 amide bonds. The summed E-state index contributed by atoms with van der Waals surface area (Å²) < 4.78 is 0. The lowest BCUT2D eigenvalue weighted by atomic mass is 10.1. The number of likely N-dealkylation sites (N-methyl/N-ethyl adjacent to an activating group) is 1. The molecule has 1 saturated carbocycles. The second-order valence-corrected chi connectivity index (χ2v) is 5.50. The monoisotopic (exact) mass is 275 g/mol. The van der Waals surface area contributed by atoms with E-state index in [0.29, 0.717) is 19.1 Å². The van der Waals surface area contributed by atoms with E-state index in [2.05, 4.69) is 4.90 Å². The molecule has 1 heterocycles. The highest BCUT2D eigenvalue weighted by Gasteiger charge is 2.33. The Morgan fingerprint density at radius 1 is 1.33 bits per heavy atom. The average Bonchev–Trinajstić information content (AvgIpc) is 3.15. The van der Waals surface area contributed by atoms with Gasteiger partial charge < -0.3 is 10.6 Å². The minimum absolute atomic E-state index is 0. The standard InChI is InChI=1S/C13H25N3O.ClH/c1-15(12(9-14)11-5-6-11)10-13(17)16-7-3-2-4-8-16;/h11-12H,2-10,14H2,1H3;1H. The van der Waals surface area contributed by atoms with Crippen LogP contribution in [0.3, 0.4) is 0 Å². The fourth-order valence-corrected chi connectivity index (χ4v) is 2.79. The molecule has 0 bridgehead atoms. The van der Waals surface area contributed by atoms with Crippen LogP contribution in [-0.2, 0) is 4.79 Å². The van der Waals surface area contributed by atoms with Gasteiger partial charge >= 0.3 is 0 Å². The van der Waals surface area contributed by atoms with Gasteiger partial charge in [0.2, 0.25) is 5.91 Å². The van der Waals surface area contributed by atoms with Crippen molar-refractivity contribution in [1.82, 2.24) is 9.80 Å². The molecule has 1 unspecified atom stereocenters. The predicted molar refractivity (Wildman–Crippen MR) is 75.9 cm³/mol. The van der Waals surface area contributed by atoms with Crippen molar-refractivity contribution in [2.24, 2.45) is 11.7 Å². The van der Waals surface area contributed by atoms with Crippen LogP contribution in [0, 0.1) is 5.92 Å². The highest BCUT2D eigenvalue weighted by atomic mass is 35.5. The molecule has 1 aliphatic carbocycles. The first kappa shape index (κ1) is 15.7. The van der Waals surface area contributed by atoms with Crippen molar-refractivity contribution in [3.63, 3.8) is 0 Å². The maximum atomic E-state index is 12.1. The molecule has 0 aromatic rings. The van der Waals surface area contributed by atoms with E-state index in [1.165, 1.54) is 32.1 Å². The minimum Gasteiger partial charge on any atom is -0.342 e. The molecule has 2 aliphatic rings. The first-order chi connectivity index (χ1) is 8.22. The third-order valence-electron chi connectivity index (χ3n) is 4.07. The number of carbonyl (C=O) groups excluding carboxylic acids is 1. The largest absolute Gasteiger partial charge is 0.342 e. The lowest BCUT2D eigenvalue weighted by molar-refractivity contribution is -0.133. The van der Waals surface area contributed by atoms with Gasteiger partial charge in [0.25, 0.3) is 0 Å². The van der Waals surface area contributed by atoms with Gasteiger partial charge in [-0.2, -0.15) is 0 Å². The summed E-state index contributed by atoms with van der Waals surface area (Å²) in [5.41, 5.74) is 5.80. The van der Waals surface area contributed by atoms with Crippen molar-refractivity contribution in [1.29, 1.82) is 0 Å². The molecule has 18 heavy (non-hydrogen) atoms. The van der Waals surface area contributed by atoms with Crippen LogP contribution in [0.25, 0.3) is 0 Å². The van der Waals surface area contributed by atoms with Crippen LogP contribution in [0.15, 0.2) is 0 Å². The van der Waals surface area contributed by atoms with Crippen LogP contribution in [0.1, 0.15) is 32.1 Å². The zero-order chi connectivity index (χ0) is 12.3. The summed E-state index contributed by atoms with van der Waals surface area (Å²) in [4.78, 5) is 16.3. The molecule has 2 N–H and O–H groups in total. The quantitative estimate of drug-likeness (QED) is 0.817. The van der Waals surface area contributed by atoms with Crippen LogP contribution in [0.5, 0.6) is 0 Å². The predicted octanol–water partition coefficient (Wildman–Crippen LogP) is 1.09. The van der Waals surface area contributed by atoms with Crippen LogP contribution in [0.2, 0.25) is 0 Å². The first-order valence-corrected chi connectivity index (χ1v) is 6.90. The Hall–Kier alpha value is -0.320. The zero-order valence-corrected chi connectivity index (χ0v) is 12.1. The van der Waals surface area contributed by atoms with E-state index in [0.717, 1.165) is 19.0 Å². The second-order valence-electron chi connectivity index (χ2n) is 5.50. The Morgan fingerprint density at radius 2 is 1.94 bits per heavy atom. The van der Waals surface area contributed by atoms with Gasteiger partial charge in [-0.25, -0.2) is 0 Å². The molecule has 5 heteroatoms. The molecule has 0 spiro atoms. The molecule has 1 saturated heterocycles. The van der Waals surface area contributed by atoms with E-state index >= 15 is 0 Å². The van der Waals surface area contributed by atoms with E-state index in [4.69, 9.17) is 5.73 Å². The molecule has 4 nitrogen and oxygen atoms in total. The molecule has 0 aromatic carbocycles. The topological polar surface area (TPSA) is 49.6 Å². The van der Waals surface area contributed by atoms with Crippen LogP contribution < -0.4 is 5.73 Å². The van der Waals surface area contributed by atoms with E-state index in [9.17, 15) is 4.79 Å². The van der Waals surface area contributed by atoms with E-state index < -0.39 is 0 Å². The number of rotatable bonds is 5. The van der Waals surface area contributed by atoms with Crippen molar-refractivity contribution in [2.75, 3.05) is 33.2 Å². The van der Waals surface area contributed by atoms with Gasteiger partial charge in [-0.1, -0.05) is 0 Å². The van der Waals surface area contributed by atoms with Crippen molar-refractivity contribution >= 4 is 18.3 Å². The summed E-state index contributed by atoms with van der Waals surface area (Å²) in [6, 6.07) is 0.406. The lowest BCUT2D eigenvalue weighted by Crippen LogP contribution is -2.47. The van der Waals surface area contributed by atoms with Crippen molar-refractivity contribution in [2.45, 2.75) is 38.1 Å². The Balaban J connectivity index is 0.00000162. The Bertz CT molecular complexity index is 265. The molecular formula is C13H26ClN3O. The summed E-state index contributed by atoms with van der Waals surface area (Å²) in [6.45, 7) is 3.11. The van der Waals surface area contributed by atoms with Gasteiger partial charge in [-0.3, -0.25) is 9.69 Å². The van der Waals surface area contributed by atoms with Crippen LogP contribution >= 0.6 is 12.4 Å². The van der Waals surface area contributed by atoms with Crippen molar-refractivity contribution in [3.05, 3.63) is 0 Å². The maximum Gasteiger partial charge on any atom is 0.236 e. The first-order valence-electron chi connectivity index (χ1n) is 6.90. The summed E-state index contributed by atoms with van der Waals surface area (Å²) >= 11 is 0. The number of hydrogen-bond acceptors (Lipinski definition) is 3. The molecule has 1 aliphatic heterocycles. The maximum absolute atomic E-state index is 12.1. The minimum atomic E-state index is 0. The Morgan fingerprint density at radius 3 is 2.44 bits per heavy atom. The highest BCUT2D eigenvalue weighted by molar-refractivity contribution is 5.85. The molecule has 2 rings (SSSR count). The molecule has 0 aromatic heterocycles. The normalized spacial score (nSPS) is 21.6. The summed E-state index contributed by atoms with van der Waals surface area (Å²) in [5.74, 6) is 1.02. The van der Waals surface area contributed by atoms with Crippen LogP contribution in [-0.4, -0.2) is 55.0 Å². The van der Waals surface area contributed by atoms with Gasteiger partial charge in [0, 0.05) is 25.7 Å². The lowest BCUT2D eigenvalue weighted by Gasteiger charge is -2.31. The van der Waals surface area contributed by atoms with Gasteiger partial charge in [0.05, 0.1) is 6.54 Å². The van der Waals surface area contributed by atoms with Gasteiger partial charge in [0.1, 0.15) is 0 Å². The Labute approximate surface area is 116 Å². The summed E-state index contributed by atoms with van der Waals surface area (Å²) in [5, 5.41) is 0. The number of halogens is 1. The number of amides is 1. The number of nitrogens with zero attached hydrogens (tertiary/aromatic N) is 2. The number of piperidine rings is 1. The SMILES string of the molecule is CN(CC(=O)N1CCCCC1)C(CN)C1CC1.Cl. The highest BCUT2D eigenvalue weighted by Crippen LogP contribution is 2.34.